The van der Waals surface area contributed by atoms with E-state index in [0.717, 1.165) is 29.9 Å². The number of morpholine rings is 1. The summed E-state index contributed by atoms with van der Waals surface area (Å²) in [5.74, 6) is 0.980. The van der Waals surface area contributed by atoms with Gasteiger partial charge in [0.15, 0.2) is 0 Å². The van der Waals surface area contributed by atoms with E-state index in [4.69, 9.17) is 10.5 Å². The molecule has 1 saturated heterocycles. The van der Waals surface area contributed by atoms with Crippen molar-refractivity contribution < 1.29 is 9.53 Å². The Labute approximate surface area is 124 Å². The molecule has 1 aromatic heterocycles. The molecule has 1 aromatic rings. The highest BCUT2D eigenvalue weighted by Crippen LogP contribution is 2.27. The van der Waals surface area contributed by atoms with Crippen LogP contribution < -0.4 is 16.0 Å². The molecule has 3 N–H and O–H groups in total. The molecule has 2 heterocycles. The zero-order valence-electron chi connectivity index (χ0n) is 12.6. The number of ether oxygens (including phenoxy) is 1. The second-order valence-corrected chi connectivity index (χ2v) is 5.78. The fraction of sp³-hybridized carbons (Fsp3) is 0.714. The Morgan fingerprint density at radius 3 is 2.95 bits per heavy atom. The second-order valence-electron chi connectivity index (χ2n) is 5.78. The molecule has 2 fully saturated rings. The van der Waals surface area contributed by atoms with Gasteiger partial charge in [0.05, 0.1) is 18.9 Å². The van der Waals surface area contributed by atoms with Crippen LogP contribution in [0.5, 0.6) is 0 Å². The average Bonchev–Trinajstić information content (AvgIpc) is 3.22. The molecule has 1 saturated carbocycles. The number of carbonyl (C=O) groups is 1. The van der Waals surface area contributed by atoms with E-state index in [1.54, 1.807) is 0 Å². The number of amides is 1. The predicted octanol–water partition coefficient (Wildman–Crippen LogP) is -0.329. The number of carbonyl (C=O) groups excluding carboxylic acids is 1. The van der Waals surface area contributed by atoms with Crippen LogP contribution in [-0.4, -0.2) is 47.5 Å². The Balaban J connectivity index is 1.88. The minimum absolute atomic E-state index is 0.0408. The van der Waals surface area contributed by atoms with E-state index in [2.05, 4.69) is 15.3 Å². The standard InChI is InChI=1S/C14H23N5O2/c1-9-11(7-15)14(18(2)17-9)19-5-6-21-8-12(19)13(20)16-10-3-4-10/h10,12H,3-8,15H2,1-2H3,(H,16,20). The van der Waals surface area contributed by atoms with E-state index >= 15 is 0 Å². The van der Waals surface area contributed by atoms with Crippen LogP contribution in [0.15, 0.2) is 0 Å². The van der Waals surface area contributed by atoms with Crippen LogP contribution in [-0.2, 0) is 23.1 Å². The van der Waals surface area contributed by atoms with E-state index in [1.165, 1.54) is 0 Å². The van der Waals surface area contributed by atoms with E-state index < -0.39 is 0 Å². The Kier molecular flexibility index (Phi) is 3.86. The minimum Gasteiger partial charge on any atom is -0.377 e. The number of anilines is 1. The molecule has 3 rings (SSSR count). The molecular formula is C14H23N5O2. The third-order valence-electron chi connectivity index (χ3n) is 4.14. The Hall–Kier alpha value is -1.60. The third-order valence-corrected chi connectivity index (χ3v) is 4.14. The van der Waals surface area contributed by atoms with Crippen LogP contribution in [0.3, 0.4) is 0 Å². The Morgan fingerprint density at radius 2 is 2.29 bits per heavy atom. The lowest BCUT2D eigenvalue weighted by Gasteiger charge is -2.36. The molecule has 1 atom stereocenters. The molecule has 0 spiro atoms. The lowest BCUT2D eigenvalue weighted by Crippen LogP contribution is -2.55. The maximum atomic E-state index is 12.5. The first-order valence-corrected chi connectivity index (χ1v) is 7.49. The molecule has 0 radical (unpaired) electrons. The van der Waals surface area contributed by atoms with Gasteiger partial charge in [0.25, 0.3) is 0 Å². The summed E-state index contributed by atoms with van der Waals surface area (Å²) in [7, 11) is 1.90. The number of hydrogen-bond acceptors (Lipinski definition) is 5. The fourth-order valence-corrected chi connectivity index (χ4v) is 2.89. The molecule has 0 aromatic carbocycles. The zero-order valence-corrected chi connectivity index (χ0v) is 12.6. The van der Waals surface area contributed by atoms with Crippen LogP contribution in [0.25, 0.3) is 0 Å². The van der Waals surface area contributed by atoms with E-state index in [-0.39, 0.29) is 11.9 Å². The normalized spacial score (nSPS) is 22.4. The van der Waals surface area contributed by atoms with Crippen molar-refractivity contribution in [1.29, 1.82) is 0 Å². The maximum absolute atomic E-state index is 12.5. The average molecular weight is 293 g/mol. The van der Waals surface area contributed by atoms with Crippen molar-refractivity contribution in [3.63, 3.8) is 0 Å². The van der Waals surface area contributed by atoms with Crippen molar-refractivity contribution in [2.75, 3.05) is 24.7 Å². The molecular weight excluding hydrogens is 270 g/mol. The fourth-order valence-electron chi connectivity index (χ4n) is 2.89. The van der Waals surface area contributed by atoms with Gasteiger partial charge in [-0.3, -0.25) is 9.48 Å². The van der Waals surface area contributed by atoms with Crippen molar-refractivity contribution in [2.24, 2.45) is 12.8 Å². The van der Waals surface area contributed by atoms with Crippen LogP contribution in [0.2, 0.25) is 0 Å². The quantitative estimate of drug-likeness (QED) is 0.794. The summed E-state index contributed by atoms with van der Waals surface area (Å²) in [4.78, 5) is 14.5. The highest BCUT2D eigenvalue weighted by molar-refractivity contribution is 5.86. The molecule has 7 nitrogen and oxygen atoms in total. The van der Waals surface area contributed by atoms with Crippen LogP contribution >= 0.6 is 0 Å². The van der Waals surface area contributed by atoms with Gasteiger partial charge in [0.2, 0.25) is 5.91 Å². The van der Waals surface area contributed by atoms with Gasteiger partial charge in [-0.15, -0.1) is 0 Å². The van der Waals surface area contributed by atoms with Gasteiger partial charge in [-0.2, -0.15) is 5.10 Å². The topological polar surface area (TPSA) is 85.4 Å². The van der Waals surface area contributed by atoms with Gasteiger partial charge in [-0.05, 0) is 19.8 Å². The van der Waals surface area contributed by atoms with Crippen molar-refractivity contribution in [1.82, 2.24) is 15.1 Å². The molecule has 1 aliphatic heterocycles. The first kappa shape index (κ1) is 14.3. The molecule has 1 unspecified atom stereocenters. The summed E-state index contributed by atoms with van der Waals surface area (Å²) in [5, 5.41) is 7.51. The van der Waals surface area contributed by atoms with Crippen LogP contribution in [0, 0.1) is 6.92 Å². The number of nitrogens with one attached hydrogen (secondary N) is 1. The SMILES string of the molecule is Cc1nn(C)c(N2CCOCC2C(=O)NC2CC2)c1CN. The van der Waals surface area contributed by atoms with Gasteiger partial charge in [0.1, 0.15) is 11.9 Å². The summed E-state index contributed by atoms with van der Waals surface area (Å²) in [6.07, 6.45) is 2.16. The number of hydrogen-bond donors (Lipinski definition) is 2. The van der Waals surface area contributed by atoms with E-state index in [1.807, 2.05) is 18.7 Å². The molecule has 1 amide bonds. The molecule has 1 aliphatic carbocycles. The first-order chi connectivity index (χ1) is 10.1. The highest BCUT2D eigenvalue weighted by atomic mass is 16.5. The summed E-state index contributed by atoms with van der Waals surface area (Å²) in [6.45, 7) is 4.07. The highest BCUT2D eigenvalue weighted by Gasteiger charge is 2.35. The van der Waals surface area contributed by atoms with Crippen LogP contribution in [0.4, 0.5) is 5.82 Å². The number of rotatable bonds is 4. The van der Waals surface area contributed by atoms with E-state index in [0.29, 0.717) is 32.3 Å². The number of nitrogens with two attached hydrogens (primary N) is 1. The van der Waals surface area contributed by atoms with Gasteiger partial charge >= 0.3 is 0 Å². The number of nitrogens with zero attached hydrogens (tertiary/aromatic N) is 3. The van der Waals surface area contributed by atoms with Crippen molar-refractivity contribution in [2.45, 2.75) is 38.4 Å². The molecule has 2 aliphatic rings. The summed E-state index contributed by atoms with van der Waals surface area (Å²) in [5.41, 5.74) is 7.79. The van der Waals surface area contributed by atoms with E-state index in [9.17, 15) is 4.79 Å². The molecule has 21 heavy (non-hydrogen) atoms. The minimum atomic E-state index is -0.306. The maximum Gasteiger partial charge on any atom is 0.245 e. The first-order valence-electron chi connectivity index (χ1n) is 7.49. The lowest BCUT2D eigenvalue weighted by atomic mass is 10.1. The molecule has 0 bridgehead atoms. The van der Waals surface area contributed by atoms with Crippen molar-refractivity contribution in [3.8, 4) is 0 Å². The summed E-state index contributed by atoms with van der Waals surface area (Å²) < 4.78 is 7.33. The van der Waals surface area contributed by atoms with Gasteiger partial charge in [-0.25, -0.2) is 0 Å². The zero-order chi connectivity index (χ0) is 15.0. The largest absolute Gasteiger partial charge is 0.377 e. The summed E-state index contributed by atoms with van der Waals surface area (Å²) in [6, 6.07) is 0.0444. The van der Waals surface area contributed by atoms with Gasteiger partial charge < -0.3 is 20.7 Å². The smallest absolute Gasteiger partial charge is 0.245 e. The Bertz CT molecular complexity index is 538. The third kappa shape index (κ3) is 2.75. The predicted molar refractivity (Wildman–Crippen MR) is 79.0 cm³/mol. The second kappa shape index (κ2) is 5.65. The van der Waals surface area contributed by atoms with Gasteiger partial charge in [0, 0.05) is 31.7 Å². The number of aryl methyl sites for hydroxylation is 2. The van der Waals surface area contributed by atoms with Crippen LogP contribution in [0.1, 0.15) is 24.1 Å². The molecule has 7 heteroatoms. The summed E-state index contributed by atoms with van der Waals surface area (Å²) >= 11 is 0. The van der Waals surface area contributed by atoms with Crippen molar-refractivity contribution >= 4 is 11.7 Å². The Morgan fingerprint density at radius 1 is 1.52 bits per heavy atom. The lowest BCUT2D eigenvalue weighted by molar-refractivity contribution is -0.124. The number of aromatic nitrogens is 2. The van der Waals surface area contributed by atoms with Crippen molar-refractivity contribution in [3.05, 3.63) is 11.3 Å². The monoisotopic (exact) mass is 293 g/mol. The molecule has 116 valence electrons. The van der Waals surface area contributed by atoms with Gasteiger partial charge in [-0.1, -0.05) is 0 Å².